The van der Waals surface area contributed by atoms with Crippen LogP contribution in [0.25, 0.3) is 5.76 Å². The lowest BCUT2D eigenvalue weighted by Gasteiger charge is -2.24. The minimum absolute atomic E-state index is 0.0105. The van der Waals surface area contributed by atoms with Gasteiger partial charge in [-0.25, -0.2) is 4.98 Å². The molecular formula is C25H22N2O5S. The Bertz CT molecular complexity index is 1200. The van der Waals surface area contributed by atoms with Gasteiger partial charge in [-0.05, 0) is 24.6 Å². The zero-order valence-electron chi connectivity index (χ0n) is 17.9. The van der Waals surface area contributed by atoms with E-state index < -0.39 is 17.7 Å². The summed E-state index contributed by atoms with van der Waals surface area (Å²) in [7, 11) is 0. The molecule has 3 aromatic rings. The van der Waals surface area contributed by atoms with E-state index in [0.29, 0.717) is 41.0 Å². The molecule has 2 aromatic carbocycles. The first-order valence-electron chi connectivity index (χ1n) is 10.3. The summed E-state index contributed by atoms with van der Waals surface area (Å²) in [5.74, 6) is -0.808. The molecule has 0 saturated carbocycles. The molecule has 0 spiro atoms. The summed E-state index contributed by atoms with van der Waals surface area (Å²) in [6.07, 6.45) is 3.19. The van der Waals surface area contributed by atoms with Crippen molar-refractivity contribution in [3.8, 4) is 11.5 Å². The second-order valence-electron chi connectivity index (χ2n) is 7.09. The van der Waals surface area contributed by atoms with Crippen LogP contribution in [-0.4, -0.2) is 35.0 Å². The summed E-state index contributed by atoms with van der Waals surface area (Å²) in [4.78, 5) is 31.8. The molecule has 1 unspecified atom stereocenters. The Hall–Kier alpha value is -3.91. The van der Waals surface area contributed by atoms with E-state index in [1.165, 1.54) is 16.2 Å². The lowest BCUT2D eigenvalue weighted by molar-refractivity contribution is -0.132. The van der Waals surface area contributed by atoms with E-state index in [4.69, 9.17) is 9.47 Å². The first-order chi connectivity index (χ1) is 16.1. The standard InChI is InChI=1S/C25H22N2O5S/c1-3-13-32-18-11-10-17(15-19(18)31-4-2)21-20(22(28)16-8-6-5-7-9-16)23(29)24(30)27(21)25-26-12-14-33-25/h3,5-12,14-15,21,28H,1,4,13H2,2H3/b22-20+. The van der Waals surface area contributed by atoms with Gasteiger partial charge in [-0.15, -0.1) is 11.3 Å². The number of rotatable bonds is 8. The lowest BCUT2D eigenvalue weighted by Crippen LogP contribution is -2.29. The SMILES string of the molecule is C=CCOc1ccc(C2/C(=C(\O)c3ccccc3)C(=O)C(=O)N2c2nccs2)cc1OCC. The van der Waals surface area contributed by atoms with Gasteiger partial charge in [0.2, 0.25) is 0 Å². The predicted octanol–water partition coefficient (Wildman–Crippen LogP) is 4.73. The van der Waals surface area contributed by atoms with Crippen molar-refractivity contribution in [3.05, 3.63) is 89.5 Å². The number of Topliss-reactive ketones (excluding diaryl/α,β-unsaturated/α-hetero) is 1. The number of hydrogen-bond donors (Lipinski definition) is 1. The molecule has 1 aliphatic rings. The molecule has 1 N–H and O–H groups in total. The third kappa shape index (κ3) is 4.25. The first kappa shape index (κ1) is 22.3. The Morgan fingerprint density at radius 1 is 1.18 bits per heavy atom. The molecule has 2 heterocycles. The van der Waals surface area contributed by atoms with Gasteiger partial charge in [0.05, 0.1) is 18.2 Å². The van der Waals surface area contributed by atoms with E-state index in [9.17, 15) is 14.7 Å². The third-order valence-corrected chi connectivity index (χ3v) is 5.83. The number of anilines is 1. The van der Waals surface area contributed by atoms with E-state index in [2.05, 4.69) is 11.6 Å². The molecule has 1 amide bonds. The molecule has 8 heteroatoms. The number of carbonyl (C=O) groups excluding carboxylic acids is 2. The van der Waals surface area contributed by atoms with E-state index in [1.54, 1.807) is 66.2 Å². The topological polar surface area (TPSA) is 89.0 Å². The number of carbonyl (C=O) groups is 2. The van der Waals surface area contributed by atoms with Crippen molar-refractivity contribution in [3.63, 3.8) is 0 Å². The van der Waals surface area contributed by atoms with Crippen molar-refractivity contribution < 1.29 is 24.2 Å². The highest BCUT2D eigenvalue weighted by atomic mass is 32.1. The average molecular weight is 463 g/mol. The van der Waals surface area contributed by atoms with Crippen LogP contribution in [-0.2, 0) is 9.59 Å². The summed E-state index contributed by atoms with van der Waals surface area (Å²) in [6, 6.07) is 13.0. The molecule has 0 aliphatic carbocycles. The van der Waals surface area contributed by atoms with Crippen LogP contribution >= 0.6 is 11.3 Å². The molecule has 0 radical (unpaired) electrons. The van der Waals surface area contributed by atoms with Crippen molar-refractivity contribution in [2.24, 2.45) is 0 Å². The Balaban J connectivity index is 1.90. The molecule has 33 heavy (non-hydrogen) atoms. The number of aliphatic hydroxyl groups excluding tert-OH is 1. The smallest absolute Gasteiger partial charge is 0.301 e. The van der Waals surface area contributed by atoms with Crippen LogP contribution in [0.3, 0.4) is 0 Å². The molecule has 1 aromatic heterocycles. The normalized spacial score (nSPS) is 17.2. The number of benzene rings is 2. The fraction of sp³-hybridized carbons (Fsp3) is 0.160. The Morgan fingerprint density at radius 2 is 1.97 bits per heavy atom. The van der Waals surface area contributed by atoms with E-state index in [1.807, 2.05) is 6.92 Å². The van der Waals surface area contributed by atoms with E-state index in [-0.39, 0.29) is 11.3 Å². The molecule has 0 bridgehead atoms. The molecule has 168 valence electrons. The minimum atomic E-state index is -0.885. The molecule has 4 rings (SSSR count). The highest BCUT2D eigenvalue weighted by Crippen LogP contribution is 2.44. The van der Waals surface area contributed by atoms with Crippen molar-refractivity contribution >= 4 is 33.9 Å². The molecule has 1 saturated heterocycles. The van der Waals surface area contributed by atoms with Crippen molar-refractivity contribution in [1.82, 2.24) is 4.98 Å². The molecule has 1 fully saturated rings. The second-order valence-corrected chi connectivity index (χ2v) is 7.96. The van der Waals surface area contributed by atoms with Crippen LogP contribution in [0.4, 0.5) is 5.13 Å². The van der Waals surface area contributed by atoms with Crippen LogP contribution in [0.2, 0.25) is 0 Å². The van der Waals surface area contributed by atoms with Gasteiger partial charge < -0.3 is 14.6 Å². The van der Waals surface area contributed by atoms with Gasteiger partial charge in [0, 0.05) is 17.1 Å². The monoisotopic (exact) mass is 462 g/mol. The van der Waals surface area contributed by atoms with Gasteiger partial charge in [-0.3, -0.25) is 14.5 Å². The van der Waals surface area contributed by atoms with Gasteiger partial charge in [0.25, 0.3) is 5.78 Å². The van der Waals surface area contributed by atoms with Crippen LogP contribution in [0, 0.1) is 0 Å². The van der Waals surface area contributed by atoms with E-state index >= 15 is 0 Å². The molecule has 7 nitrogen and oxygen atoms in total. The molecular weight excluding hydrogens is 440 g/mol. The number of amides is 1. The first-order valence-corrected chi connectivity index (χ1v) is 11.2. The van der Waals surface area contributed by atoms with Crippen LogP contribution in [0.5, 0.6) is 11.5 Å². The number of aliphatic hydroxyl groups is 1. The van der Waals surface area contributed by atoms with Gasteiger partial charge in [-0.2, -0.15) is 0 Å². The average Bonchev–Trinajstić information content (AvgIpc) is 3.45. The zero-order chi connectivity index (χ0) is 23.4. The third-order valence-electron chi connectivity index (χ3n) is 5.06. The highest BCUT2D eigenvalue weighted by Gasteiger charge is 2.48. The predicted molar refractivity (Wildman–Crippen MR) is 127 cm³/mol. The van der Waals surface area contributed by atoms with Gasteiger partial charge in [0.1, 0.15) is 12.4 Å². The van der Waals surface area contributed by atoms with Gasteiger partial charge in [0.15, 0.2) is 16.6 Å². The lowest BCUT2D eigenvalue weighted by atomic mass is 9.95. The fourth-order valence-corrected chi connectivity index (χ4v) is 4.33. The number of ketones is 1. The minimum Gasteiger partial charge on any atom is -0.507 e. The number of aromatic nitrogens is 1. The van der Waals surface area contributed by atoms with Crippen molar-refractivity contribution in [1.29, 1.82) is 0 Å². The van der Waals surface area contributed by atoms with Crippen molar-refractivity contribution in [2.75, 3.05) is 18.1 Å². The Kier molecular flexibility index (Phi) is 6.55. The number of nitrogens with zero attached hydrogens (tertiary/aromatic N) is 2. The zero-order valence-corrected chi connectivity index (χ0v) is 18.7. The molecule has 1 atom stereocenters. The van der Waals surface area contributed by atoms with Gasteiger partial charge >= 0.3 is 5.91 Å². The highest BCUT2D eigenvalue weighted by molar-refractivity contribution is 7.14. The largest absolute Gasteiger partial charge is 0.507 e. The quantitative estimate of drug-likeness (QED) is 0.225. The maximum Gasteiger partial charge on any atom is 0.301 e. The van der Waals surface area contributed by atoms with E-state index in [0.717, 1.165) is 0 Å². The Morgan fingerprint density at radius 3 is 2.64 bits per heavy atom. The van der Waals surface area contributed by atoms with Crippen molar-refractivity contribution in [2.45, 2.75) is 13.0 Å². The summed E-state index contributed by atoms with van der Waals surface area (Å²) in [5.41, 5.74) is 1.01. The second kappa shape index (κ2) is 9.70. The Labute approximate surface area is 195 Å². The number of hydrogen-bond acceptors (Lipinski definition) is 7. The van der Waals surface area contributed by atoms with Crippen LogP contribution in [0.1, 0.15) is 24.1 Å². The molecule has 1 aliphatic heterocycles. The summed E-state index contributed by atoms with van der Waals surface area (Å²) >= 11 is 1.23. The fourth-order valence-electron chi connectivity index (χ4n) is 3.66. The maximum atomic E-state index is 13.1. The number of thiazole rings is 1. The summed E-state index contributed by atoms with van der Waals surface area (Å²) in [6.45, 7) is 6.20. The van der Waals surface area contributed by atoms with Crippen LogP contribution in [0.15, 0.2) is 78.3 Å². The summed E-state index contributed by atoms with van der Waals surface area (Å²) < 4.78 is 11.4. The van der Waals surface area contributed by atoms with Crippen LogP contribution < -0.4 is 14.4 Å². The maximum absolute atomic E-state index is 13.1. The number of ether oxygens (including phenoxy) is 2. The summed E-state index contributed by atoms with van der Waals surface area (Å²) in [5, 5.41) is 13.2. The van der Waals surface area contributed by atoms with Gasteiger partial charge in [-0.1, -0.05) is 49.1 Å².